The topological polar surface area (TPSA) is 40.6 Å². The van der Waals surface area contributed by atoms with E-state index in [-0.39, 0.29) is 23.2 Å². The number of carbonyl (C=O) groups excluding carboxylic acids is 2. The van der Waals surface area contributed by atoms with Crippen LogP contribution in [0.5, 0.6) is 0 Å². The van der Waals surface area contributed by atoms with Crippen LogP contribution >= 0.6 is 11.8 Å². The first kappa shape index (κ1) is 16.9. The summed E-state index contributed by atoms with van der Waals surface area (Å²) in [6.45, 7) is 4.46. The first-order valence-corrected chi connectivity index (χ1v) is 9.59. The third-order valence-corrected chi connectivity index (χ3v) is 6.12. The lowest BCUT2D eigenvalue weighted by Gasteiger charge is -2.41. The molecule has 1 saturated heterocycles. The molecule has 0 aliphatic carbocycles. The van der Waals surface area contributed by atoms with Crippen molar-refractivity contribution >= 4 is 29.4 Å². The molecule has 2 atom stereocenters. The third kappa shape index (κ3) is 2.72. The Morgan fingerprint density at radius 2 is 1.65 bits per heavy atom. The summed E-state index contributed by atoms with van der Waals surface area (Å²) >= 11 is 1.49. The Balaban J connectivity index is 1.74. The number of fused-ring (bicyclic) bond motifs is 1. The van der Waals surface area contributed by atoms with Crippen LogP contribution in [0.4, 0.5) is 10.5 Å². The molecule has 0 N–H and O–H groups in total. The highest BCUT2D eigenvalue weighted by molar-refractivity contribution is 8.03. The molecule has 0 bridgehead atoms. The van der Waals surface area contributed by atoms with Gasteiger partial charge in [-0.05, 0) is 42.0 Å². The van der Waals surface area contributed by atoms with Gasteiger partial charge in [0.05, 0.1) is 11.7 Å². The fraction of sp³-hybridized carbons (Fsp3) is 0.238. The summed E-state index contributed by atoms with van der Waals surface area (Å²) in [6, 6.07) is 15.2. The molecule has 2 heterocycles. The SMILES string of the molecule is Cc1ccccc1CN1C(=O)N(c2ccccc2C)C(=O)C2SC=CC21. The molecule has 1 fully saturated rings. The fourth-order valence-corrected chi connectivity index (χ4v) is 4.56. The zero-order chi connectivity index (χ0) is 18.3. The molecule has 2 aliphatic heterocycles. The maximum Gasteiger partial charge on any atom is 0.332 e. The molecule has 2 unspecified atom stereocenters. The average molecular weight is 364 g/mol. The van der Waals surface area contributed by atoms with Crippen LogP contribution in [-0.2, 0) is 11.3 Å². The highest BCUT2D eigenvalue weighted by atomic mass is 32.2. The number of anilines is 1. The number of hydrogen-bond donors (Lipinski definition) is 0. The number of rotatable bonds is 3. The second kappa shape index (κ2) is 6.65. The number of thioether (sulfide) groups is 1. The monoisotopic (exact) mass is 364 g/mol. The Morgan fingerprint density at radius 3 is 2.38 bits per heavy atom. The molecular formula is C21H20N2O2S. The van der Waals surface area contributed by atoms with Gasteiger partial charge < -0.3 is 4.90 Å². The highest BCUT2D eigenvalue weighted by Gasteiger charge is 2.48. The largest absolute Gasteiger partial charge is 0.332 e. The van der Waals surface area contributed by atoms with Crippen molar-refractivity contribution in [3.63, 3.8) is 0 Å². The number of carbonyl (C=O) groups is 2. The van der Waals surface area contributed by atoms with Crippen LogP contribution < -0.4 is 4.90 Å². The Hall–Kier alpha value is -2.53. The Bertz CT molecular complexity index is 908. The number of amides is 3. The quantitative estimate of drug-likeness (QED) is 0.817. The highest BCUT2D eigenvalue weighted by Crippen LogP contribution is 2.37. The van der Waals surface area contributed by atoms with Crippen LogP contribution in [0, 0.1) is 13.8 Å². The zero-order valence-corrected chi connectivity index (χ0v) is 15.6. The van der Waals surface area contributed by atoms with Gasteiger partial charge in [-0.2, -0.15) is 0 Å². The number of benzene rings is 2. The Morgan fingerprint density at radius 1 is 0.962 bits per heavy atom. The summed E-state index contributed by atoms with van der Waals surface area (Å²) in [7, 11) is 0. The van der Waals surface area contributed by atoms with Gasteiger partial charge in [-0.3, -0.25) is 4.79 Å². The summed E-state index contributed by atoms with van der Waals surface area (Å²) in [6.07, 6.45) is 1.97. The van der Waals surface area contributed by atoms with E-state index in [4.69, 9.17) is 0 Å². The van der Waals surface area contributed by atoms with Crippen LogP contribution in [0.15, 0.2) is 60.0 Å². The van der Waals surface area contributed by atoms with Gasteiger partial charge in [0, 0.05) is 6.54 Å². The van der Waals surface area contributed by atoms with Gasteiger partial charge in [-0.25, -0.2) is 9.69 Å². The number of imide groups is 1. The molecular weight excluding hydrogens is 344 g/mol. The van der Waals surface area contributed by atoms with E-state index >= 15 is 0 Å². The van der Waals surface area contributed by atoms with E-state index in [1.807, 2.05) is 78.8 Å². The lowest BCUT2D eigenvalue weighted by molar-refractivity contribution is -0.119. The molecule has 0 spiro atoms. The van der Waals surface area contributed by atoms with Crippen molar-refractivity contribution in [1.82, 2.24) is 4.90 Å². The number of urea groups is 1. The standard InChI is InChI=1S/C21H20N2O2S/c1-14-7-3-5-9-16(14)13-22-18-11-12-26-19(18)20(24)23(21(22)25)17-10-6-4-8-15(17)2/h3-12,18-19H,13H2,1-2H3. The van der Waals surface area contributed by atoms with E-state index in [2.05, 4.69) is 0 Å². The Kier molecular flexibility index (Phi) is 4.32. The van der Waals surface area contributed by atoms with Gasteiger partial charge in [0.2, 0.25) is 0 Å². The van der Waals surface area contributed by atoms with E-state index < -0.39 is 0 Å². The van der Waals surface area contributed by atoms with Crippen LogP contribution in [0.2, 0.25) is 0 Å². The first-order valence-electron chi connectivity index (χ1n) is 8.65. The lowest BCUT2D eigenvalue weighted by atomic mass is 10.0. The number of para-hydroxylation sites is 1. The van der Waals surface area contributed by atoms with Gasteiger partial charge in [0.15, 0.2) is 0 Å². The molecule has 0 aromatic heterocycles. The molecule has 5 heteroatoms. The lowest BCUT2D eigenvalue weighted by Crippen LogP contribution is -2.61. The van der Waals surface area contributed by atoms with E-state index in [0.29, 0.717) is 12.2 Å². The zero-order valence-electron chi connectivity index (χ0n) is 14.8. The first-order chi connectivity index (χ1) is 12.6. The van der Waals surface area contributed by atoms with Gasteiger partial charge in [0.1, 0.15) is 5.25 Å². The molecule has 0 saturated carbocycles. The Labute approximate surface area is 157 Å². The van der Waals surface area contributed by atoms with Gasteiger partial charge in [-0.1, -0.05) is 48.5 Å². The minimum Gasteiger partial charge on any atom is -0.312 e. The van der Waals surface area contributed by atoms with Crippen molar-refractivity contribution in [2.75, 3.05) is 4.90 Å². The molecule has 2 aromatic rings. The summed E-state index contributed by atoms with van der Waals surface area (Å²) in [5, 5.41) is 1.66. The number of nitrogens with zero attached hydrogens (tertiary/aromatic N) is 2. The molecule has 2 aromatic carbocycles. The van der Waals surface area contributed by atoms with Crippen molar-refractivity contribution in [3.05, 3.63) is 76.7 Å². The molecule has 2 aliphatic rings. The van der Waals surface area contributed by atoms with Crippen molar-refractivity contribution in [1.29, 1.82) is 0 Å². The average Bonchev–Trinajstić information content (AvgIpc) is 3.12. The van der Waals surface area contributed by atoms with E-state index in [1.54, 1.807) is 0 Å². The van der Waals surface area contributed by atoms with Crippen LogP contribution in [0.25, 0.3) is 0 Å². The predicted molar refractivity (Wildman–Crippen MR) is 105 cm³/mol. The van der Waals surface area contributed by atoms with Crippen molar-refractivity contribution in [2.24, 2.45) is 0 Å². The minimum absolute atomic E-state index is 0.134. The predicted octanol–water partition coefficient (Wildman–Crippen LogP) is 4.27. The van der Waals surface area contributed by atoms with E-state index in [1.165, 1.54) is 16.7 Å². The third-order valence-electron chi connectivity index (χ3n) is 5.03. The smallest absolute Gasteiger partial charge is 0.312 e. The fourth-order valence-electron chi connectivity index (χ4n) is 3.52. The molecule has 0 radical (unpaired) electrons. The summed E-state index contributed by atoms with van der Waals surface area (Å²) in [5.74, 6) is -0.134. The summed E-state index contributed by atoms with van der Waals surface area (Å²) in [4.78, 5) is 29.6. The molecule has 4 nitrogen and oxygen atoms in total. The minimum atomic E-state index is -0.281. The maximum absolute atomic E-state index is 13.3. The molecule has 3 amide bonds. The second-order valence-corrected chi connectivity index (χ2v) is 7.73. The van der Waals surface area contributed by atoms with Crippen molar-refractivity contribution in [2.45, 2.75) is 31.7 Å². The molecule has 4 rings (SSSR count). The number of hydrogen-bond acceptors (Lipinski definition) is 3. The molecule has 132 valence electrons. The van der Waals surface area contributed by atoms with Gasteiger partial charge in [0.25, 0.3) is 5.91 Å². The molecule has 26 heavy (non-hydrogen) atoms. The van der Waals surface area contributed by atoms with Crippen LogP contribution in [-0.4, -0.2) is 28.1 Å². The van der Waals surface area contributed by atoms with Crippen LogP contribution in [0.1, 0.15) is 16.7 Å². The normalized spacial score (nSPS) is 22.1. The van der Waals surface area contributed by atoms with Gasteiger partial charge in [-0.15, -0.1) is 11.8 Å². The van der Waals surface area contributed by atoms with Crippen LogP contribution in [0.3, 0.4) is 0 Å². The maximum atomic E-state index is 13.3. The van der Waals surface area contributed by atoms with Gasteiger partial charge >= 0.3 is 6.03 Å². The summed E-state index contributed by atoms with van der Waals surface area (Å²) in [5.41, 5.74) is 3.83. The van der Waals surface area contributed by atoms with E-state index in [0.717, 1.165) is 16.7 Å². The number of aryl methyl sites for hydroxylation is 2. The van der Waals surface area contributed by atoms with E-state index in [9.17, 15) is 9.59 Å². The second-order valence-electron chi connectivity index (χ2n) is 6.67. The summed E-state index contributed by atoms with van der Waals surface area (Å²) < 4.78 is 0. The van der Waals surface area contributed by atoms with Crippen molar-refractivity contribution < 1.29 is 9.59 Å². The van der Waals surface area contributed by atoms with Crippen molar-refractivity contribution in [3.8, 4) is 0 Å².